The van der Waals surface area contributed by atoms with Gasteiger partial charge in [0.2, 0.25) is 0 Å². The number of rotatable bonds is 1. The van der Waals surface area contributed by atoms with Crippen LogP contribution in [0, 0.1) is 0 Å². The number of nitrogens with zero attached hydrogens (tertiary/aromatic N) is 1. The van der Waals surface area contributed by atoms with Crippen LogP contribution in [0.1, 0.15) is 0 Å². The summed E-state index contributed by atoms with van der Waals surface area (Å²) in [5.41, 5.74) is -0.231. The summed E-state index contributed by atoms with van der Waals surface area (Å²) in [6, 6.07) is 6.74. The Morgan fingerprint density at radius 1 is 1.12 bits per heavy atom. The third-order valence-corrected chi connectivity index (χ3v) is 2.37. The van der Waals surface area contributed by atoms with Crippen LogP contribution >= 0.6 is 0 Å². The maximum atomic E-state index is 11.5. The molecule has 0 saturated heterocycles. The van der Waals surface area contributed by atoms with Gasteiger partial charge in [0.05, 0.1) is 11.6 Å². The normalized spacial score (nSPS) is 10.8. The Morgan fingerprint density at radius 3 is 2.76 bits per heavy atom. The van der Waals surface area contributed by atoms with E-state index in [4.69, 9.17) is 4.42 Å². The van der Waals surface area contributed by atoms with Gasteiger partial charge >= 0.3 is 5.69 Å². The van der Waals surface area contributed by atoms with E-state index in [0.717, 1.165) is 0 Å². The van der Waals surface area contributed by atoms with E-state index in [9.17, 15) is 9.59 Å². The molecule has 0 saturated carbocycles. The van der Waals surface area contributed by atoms with Gasteiger partial charge in [-0.3, -0.25) is 14.8 Å². The molecule has 0 spiro atoms. The smallest absolute Gasteiger partial charge is 0.327 e. The van der Waals surface area contributed by atoms with Gasteiger partial charge in [-0.15, -0.1) is 0 Å². The molecule has 2 N–H and O–H groups in total. The topological polar surface area (TPSA) is 91.8 Å². The molecule has 0 aromatic carbocycles. The summed E-state index contributed by atoms with van der Waals surface area (Å²) in [5.74, 6) is 0.577. The van der Waals surface area contributed by atoms with Crippen LogP contribution < -0.4 is 11.2 Å². The lowest BCUT2D eigenvalue weighted by Gasteiger charge is -1.98. The number of nitrogens with one attached hydrogen (secondary N) is 2. The Hall–Kier alpha value is -2.63. The Morgan fingerprint density at radius 2 is 2.00 bits per heavy atom. The number of H-pyrrole nitrogens is 2. The second-order valence-corrected chi connectivity index (χ2v) is 3.48. The van der Waals surface area contributed by atoms with E-state index in [1.807, 2.05) is 0 Å². The maximum absolute atomic E-state index is 11.5. The third-order valence-electron chi connectivity index (χ3n) is 2.37. The van der Waals surface area contributed by atoms with Crippen LogP contribution in [0.2, 0.25) is 0 Å². The second-order valence-electron chi connectivity index (χ2n) is 3.48. The summed E-state index contributed by atoms with van der Waals surface area (Å²) in [7, 11) is 0. The Kier molecular flexibility index (Phi) is 1.94. The predicted molar refractivity (Wildman–Crippen MR) is 60.7 cm³/mol. The highest BCUT2D eigenvalue weighted by atomic mass is 16.3. The molecule has 0 unspecified atom stereocenters. The molecule has 84 valence electrons. The molecule has 0 amide bonds. The molecule has 0 fully saturated rings. The molecular weight excluding hydrogens is 222 g/mol. The van der Waals surface area contributed by atoms with E-state index < -0.39 is 11.2 Å². The fraction of sp³-hybridized carbons (Fsp3) is 0. The van der Waals surface area contributed by atoms with Crippen LogP contribution in [0.25, 0.3) is 22.5 Å². The number of fused-ring (bicyclic) bond motifs is 1. The second kappa shape index (κ2) is 3.44. The first-order valence-corrected chi connectivity index (χ1v) is 4.91. The zero-order valence-electron chi connectivity index (χ0n) is 8.56. The SMILES string of the molecule is O=c1[nH]c(=O)c2ccc(-c3ccco3)nc2[nH]1. The minimum atomic E-state index is -0.577. The van der Waals surface area contributed by atoms with Gasteiger partial charge in [0.15, 0.2) is 5.76 Å². The molecule has 3 aromatic rings. The Bertz CT molecular complexity index is 784. The summed E-state index contributed by atoms with van der Waals surface area (Å²) in [5, 5.41) is 0.333. The van der Waals surface area contributed by atoms with Crippen molar-refractivity contribution in [3.05, 3.63) is 51.4 Å². The molecule has 6 nitrogen and oxygen atoms in total. The minimum Gasteiger partial charge on any atom is -0.463 e. The number of hydrogen-bond acceptors (Lipinski definition) is 4. The molecule has 3 heterocycles. The van der Waals surface area contributed by atoms with E-state index in [1.54, 1.807) is 24.3 Å². The highest BCUT2D eigenvalue weighted by Crippen LogP contribution is 2.18. The van der Waals surface area contributed by atoms with Crippen LogP contribution in [0.3, 0.4) is 0 Å². The zero-order chi connectivity index (χ0) is 11.8. The van der Waals surface area contributed by atoms with Gasteiger partial charge in [-0.1, -0.05) is 0 Å². The average molecular weight is 229 g/mol. The molecule has 3 rings (SSSR count). The number of furan rings is 1. The molecule has 0 radical (unpaired) electrons. The van der Waals surface area contributed by atoms with Gasteiger partial charge in [0.1, 0.15) is 11.3 Å². The first-order valence-electron chi connectivity index (χ1n) is 4.91. The van der Waals surface area contributed by atoms with Crippen LogP contribution in [0.5, 0.6) is 0 Å². The van der Waals surface area contributed by atoms with Crippen molar-refractivity contribution < 1.29 is 4.42 Å². The highest BCUT2D eigenvalue weighted by Gasteiger charge is 2.06. The minimum absolute atomic E-state index is 0.243. The van der Waals surface area contributed by atoms with E-state index >= 15 is 0 Å². The van der Waals surface area contributed by atoms with Gasteiger partial charge in [-0.25, -0.2) is 9.78 Å². The van der Waals surface area contributed by atoms with E-state index in [0.29, 0.717) is 16.8 Å². The molecule has 6 heteroatoms. The van der Waals surface area contributed by atoms with Crippen LogP contribution in [0.15, 0.2) is 44.5 Å². The van der Waals surface area contributed by atoms with Crippen molar-refractivity contribution in [1.82, 2.24) is 15.0 Å². The van der Waals surface area contributed by atoms with E-state index in [-0.39, 0.29) is 5.65 Å². The number of aromatic nitrogens is 3. The molecule has 0 atom stereocenters. The van der Waals surface area contributed by atoms with Gasteiger partial charge in [0, 0.05) is 0 Å². The number of aromatic amines is 2. The van der Waals surface area contributed by atoms with Gasteiger partial charge in [-0.05, 0) is 24.3 Å². The number of pyridine rings is 1. The maximum Gasteiger partial charge on any atom is 0.327 e. The van der Waals surface area contributed by atoms with Crippen molar-refractivity contribution in [3.8, 4) is 11.5 Å². The molecule has 17 heavy (non-hydrogen) atoms. The molecule has 0 aliphatic rings. The standard InChI is InChI=1S/C11H7N3O3/c15-10-6-3-4-7(8-2-1-5-17-8)12-9(6)13-11(16)14-10/h1-5H,(H2,12,13,14,15,16). The zero-order valence-corrected chi connectivity index (χ0v) is 8.56. The van der Waals surface area contributed by atoms with E-state index in [1.165, 1.54) is 6.26 Å². The van der Waals surface area contributed by atoms with Crippen LogP contribution in [0.4, 0.5) is 0 Å². The summed E-state index contributed by atoms with van der Waals surface area (Å²) >= 11 is 0. The highest BCUT2D eigenvalue weighted by molar-refractivity contribution is 5.76. The van der Waals surface area contributed by atoms with Crippen molar-refractivity contribution in [2.24, 2.45) is 0 Å². The van der Waals surface area contributed by atoms with Crippen LogP contribution in [-0.2, 0) is 0 Å². The van der Waals surface area contributed by atoms with Crippen molar-refractivity contribution in [1.29, 1.82) is 0 Å². The summed E-state index contributed by atoms with van der Waals surface area (Å²) in [6.45, 7) is 0. The fourth-order valence-electron chi connectivity index (χ4n) is 1.61. The quantitative estimate of drug-likeness (QED) is 0.647. The Balaban J connectivity index is 2.33. The third kappa shape index (κ3) is 1.55. The lowest BCUT2D eigenvalue weighted by molar-refractivity contribution is 0.580. The van der Waals surface area contributed by atoms with Gasteiger partial charge in [0.25, 0.3) is 5.56 Å². The van der Waals surface area contributed by atoms with Crippen molar-refractivity contribution in [2.75, 3.05) is 0 Å². The van der Waals surface area contributed by atoms with Crippen molar-refractivity contribution in [2.45, 2.75) is 0 Å². The fourth-order valence-corrected chi connectivity index (χ4v) is 1.61. The average Bonchev–Trinajstić information content (AvgIpc) is 2.81. The van der Waals surface area contributed by atoms with Gasteiger partial charge in [-0.2, -0.15) is 0 Å². The van der Waals surface area contributed by atoms with E-state index in [2.05, 4.69) is 15.0 Å². The van der Waals surface area contributed by atoms with Crippen LogP contribution in [-0.4, -0.2) is 15.0 Å². The van der Waals surface area contributed by atoms with Crippen molar-refractivity contribution in [3.63, 3.8) is 0 Å². The number of hydrogen-bond donors (Lipinski definition) is 2. The lowest BCUT2D eigenvalue weighted by Crippen LogP contribution is -2.22. The van der Waals surface area contributed by atoms with Gasteiger partial charge < -0.3 is 4.42 Å². The summed E-state index contributed by atoms with van der Waals surface area (Å²) < 4.78 is 5.19. The predicted octanol–water partition coefficient (Wildman–Crippen LogP) is 0.871. The monoisotopic (exact) mass is 229 g/mol. The molecule has 0 bridgehead atoms. The molecule has 0 aliphatic carbocycles. The lowest BCUT2D eigenvalue weighted by atomic mass is 10.2. The summed E-state index contributed by atoms with van der Waals surface area (Å²) in [4.78, 5) is 31.4. The van der Waals surface area contributed by atoms with Crippen molar-refractivity contribution >= 4 is 11.0 Å². The molecule has 3 aromatic heterocycles. The summed E-state index contributed by atoms with van der Waals surface area (Å²) in [6.07, 6.45) is 1.53. The largest absolute Gasteiger partial charge is 0.463 e. The first-order chi connectivity index (χ1) is 8.24. The first kappa shape index (κ1) is 9.59. The molecular formula is C11H7N3O3. The molecule has 0 aliphatic heterocycles. The Labute approximate surface area is 93.9 Å².